The van der Waals surface area contributed by atoms with Crippen molar-refractivity contribution in [3.8, 4) is 0 Å². The number of aromatic nitrogens is 1. The Balaban J connectivity index is 1.78. The third kappa shape index (κ3) is 3.18. The highest BCUT2D eigenvalue weighted by Gasteiger charge is 2.09. The number of esters is 1. The van der Waals surface area contributed by atoms with E-state index in [0.29, 0.717) is 16.8 Å². The van der Waals surface area contributed by atoms with Gasteiger partial charge in [0.05, 0.1) is 18.2 Å². The molecule has 0 unspecified atom stereocenters. The van der Waals surface area contributed by atoms with Gasteiger partial charge in [-0.3, -0.25) is 9.78 Å². The van der Waals surface area contributed by atoms with Gasteiger partial charge in [-0.1, -0.05) is 6.07 Å². The van der Waals surface area contributed by atoms with Crippen LogP contribution < -0.4 is 5.32 Å². The smallest absolute Gasteiger partial charge is 0.337 e. The second kappa shape index (κ2) is 6.27. The molecule has 0 saturated carbocycles. The Morgan fingerprint density at radius 3 is 2.48 bits per heavy atom. The van der Waals surface area contributed by atoms with Crippen LogP contribution in [0, 0.1) is 0 Å². The summed E-state index contributed by atoms with van der Waals surface area (Å²) in [7, 11) is 1.32. The third-order valence-electron chi connectivity index (χ3n) is 3.43. The molecule has 0 radical (unpaired) electrons. The Morgan fingerprint density at radius 1 is 1.00 bits per heavy atom. The first kappa shape index (κ1) is 14.7. The van der Waals surface area contributed by atoms with Gasteiger partial charge in [0, 0.05) is 22.8 Å². The number of hydrogen-bond donors (Lipinski definition) is 1. The zero-order chi connectivity index (χ0) is 16.2. The van der Waals surface area contributed by atoms with Crippen molar-refractivity contribution in [3.05, 3.63) is 71.9 Å². The van der Waals surface area contributed by atoms with E-state index >= 15 is 0 Å². The number of fused-ring (bicyclic) bond motifs is 1. The lowest BCUT2D eigenvalue weighted by atomic mass is 10.1. The molecule has 1 N–H and O–H groups in total. The summed E-state index contributed by atoms with van der Waals surface area (Å²) in [6.07, 6.45) is 1.73. The van der Waals surface area contributed by atoms with E-state index in [1.165, 1.54) is 7.11 Å². The lowest BCUT2D eigenvalue weighted by molar-refractivity contribution is 0.0600. The molecule has 3 aromatic rings. The first-order valence-electron chi connectivity index (χ1n) is 7.02. The summed E-state index contributed by atoms with van der Waals surface area (Å²) in [5, 5.41) is 3.78. The number of carbonyl (C=O) groups excluding carboxylic acids is 2. The van der Waals surface area contributed by atoms with Crippen molar-refractivity contribution in [1.29, 1.82) is 0 Å². The molecule has 5 nitrogen and oxygen atoms in total. The molecule has 114 valence electrons. The van der Waals surface area contributed by atoms with Crippen LogP contribution in [0.2, 0.25) is 0 Å². The number of hydrogen-bond acceptors (Lipinski definition) is 4. The summed E-state index contributed by atoms with van der Waals surface area (Å²) in [5.41, 5.74) is 2.42. The minimum absolute atomic E-state index is 0.246. The highest BCUT2D eigenvalue weighted by atomic mass is 16.5. The summed E-state index contributed by atoms with van der Waals surface area (Å²) in [5.74, 6) is -0.677. The topological polar surface area (TPSA) is 68.3 Å². The van der Waals surface area contributed by atoms with E-state index in [1.807, 2.05) is 24.3 Å². The van der Waals surface area contributed by atoms with Crippen molar-refractivity contribution in [3.63, 3.8) is 0 Å². The van der Waals surface area contributed by atoms with E-state index in [9.17, 15) is 9.59 Å². The van der Waals surface area contributed by atoms with Gasteiger partial charge in [-0.25, -0.2) is 4.79 Å². The van der Waals surface area contributed by atoms with Crippen LogP contribution >= 0.6 is 0 Å². The second-order valence-electron chi connectivity index (χ2n) is 4.93. The van der Waals surface area contributed by atoms with Gasteiger partial charge >= 0.3 is 5.97 Å². The number of rotatable bonds is 3. The zero-order valence-corrected chi connectivity index (χ0v) is 12.4. The molecule has 2 aromatic carbocycles. The summed E-state index contributed by atoms with van der Waals surface area (Å²) < 4.78 is 4.63. The molecule has 0 aliphatic rings. The van der Waals surface area contributed by atoms with Gasteiger partial charge in [0.2, 0.25) is 0 Å². The quantitative estimate of drug-likeness (QED) is 0.754. The Bertz CT molecular complexity index is 873. The van der Waals surface area contributed by atoms with E-state index in [0.717, 1.165) is 10.9 Å². The van der Waals surface area contributed by atoms with Crippen molar-refractivity contribution < 1.29 is 14.3 Å². The van der Waals surface area contributed by atoms with Gasteiger partial charge in [0.25, 0.3) is 5.91 Å². The van der Waals surface area contributed by atoms with E-state index in [4.69, 9.17) is 0 Å². The average molecular weight is 306 g/mol. The van der Waals surface area contributed by atoms with Crippen LogP contribution in [0.15, 0.2) is 60.8 Å². The number of ether oxygens (including phenoxy) is 1. The molecule has 1 amide bonds. The van der Waals surface area contributed by atoms with Gasteiger partial charge in [-0.15, -0.1) is 0 Å². The Hall–Kier alpha value is -3.21. The number of carbonyl (C=O) groups is 2. The number of nitrogens with zero attached hydrogens (tertiary/aromatic N) is 1. The van der Waals surface area contributed by atoms with Crippen molar-refractivity contribution in [2.45, 2.75) is 0 Å². The Kier molecular flexibility index (Phi) is 4.01. The molecule has 3 rings (SSSR count). The number of amides is 1. The van der Waals surface area contributed by atoms with E-state index in [1.54, 1.807) is 36.5 Å². The maximum absolute atomic E-state index is 12.3. The van der Waals surface area contributed by atoms with Gasteiger partial charge < -0.3 is 10.1 Å². The summed E-state index contributed by atoms with van der Waals surface area (Å²) in [6, 6.07) is 15.6. The maximum atomic E-state index is 12.3. The third-order valence-corrected chi connectivity index (χ3v) is 3.43. The predicted molar refractivity (Wildman–Crippen MR) is 87.5 cm³/mol. The molecule has 0 spiro atoms. The molecule has 0 fully saturated rings. The van der Waals surface area contributed by atoms with Crippen LogP contribution in [-0.2, 0) is 4.74 Å². The van der Waals surface area contributed by atoms with Crippen LogP contribution in [0.5, 0.6) is 0 Å². The second-order valence-corrected chi connectivity index (χ2v) is 4.93. The SMILES string of the molecule is COC(=O)c1ccc(C(=O)Nc2ccc3ncccc3c2)cc1. The Morgan fingerprint density at radius 2 is 1.74 bits per heavy atom. The maximum Gasteiger partial charge on any atom is 0.337 e. The van der Waals surface area contributed by atoms with Crippen LogP contribution in [0.3, 0.4) is 0 Å². The van der Waals surface area contributed by atoms with Crippen molar-refractivity contribution in [2.75, 3.05) is 12.4 Å². The van der Waals surface area contributed by atoms with E-state index < -0.39 is 5.97 Å². The molecular formula is C18H14N2O3. The summed E-state index contributed by atoms with van der Waals surface area (Å²) >= 11 is 0. The lowest BCUT2D eigenvalue weighted by Crippen LogP contribution is -2.12. The van der Waals surface area contributed by atoms with Crippen LogP contribution in [0.4, 0.5) is 5.69 Å². The first-order valence-corrected chi connectivity index (χ1v) is 7.02. The summed E-state index contributed by atoms with van der Waals surface area (Å²) in [6.45, 7) is 0. The van der Waals surface area contributed by atoms with Gasteiger partial charge in [0.1, 0.15) is 0 Å². The largest absolute Gasteiger partial charge is 0.465 e. The molecule has 5 heteroatoms. The lowest BCUT2D eigenvalue weighted by Gasteiger charge is -2.07. The Labute approximate surface area is 132 Å². The number of anilines is 1. The van der Waals surface area contributed by atoms with Crippen molar-refractivity contribution in [2.24, 2.45) is 0 Å². The molecule has 0 aliphatic heterocycles. The van der Waals surface area contributed by atoms with Crippen molar-refractivity contribution >= 4 is 28.5 Å². The van der Waals surface area contributed by atoms with Crippen LogP contribution in [0.1, 0.15) is 20.7 Å². The molecule has 1 heterocycles. The number of benzene rings is 2. The minimum atomic E-state index is -0.431. The minimum Gasteiger partial charge on any atom is -0.465 e. The molecular weight excluding hydrogens is 292 g/mol. The standard InChI is InChI=1S/C18H14N2O3/c1-23-18(22)13-6-4-12(5-7-13)17(21)20-15-8-9-16-14(11-15)3-2-10-19-16/h2-11H,1H3,(H,20,21). The van der Waals surface area contributed by atoms with Crippen LogP contribution in [0.25, 0.3) is 10.9 Å². The number of pyridine rings is 1. The van der Waals surface area contributed by atoms with Crippen LogP contribution in [-0.4, -0.2) is 24.0 Å². The van der Waals surface area contributed by atoms with Gasteiger partial charge in [-0.2, -0.15) is 0 Å². The molecule has 0 atom stereocenters. The normalized spacial score (nSPS) is 10.3. The molecule has 23 heavy (non-hydrogen) atoms. The number of nitrogens with one attached hydrogen (secondary N) is 1. The zero-order valence-electron chi connectivity index (χ0n) is 12.4. The molecule has 0 bridgehead atoms. The monoisotopic (exact) mass is 306 g/mol. The molecule has 1 aromatic heterocycles. The van der Waals surface area contributed by atoms with Gasteiger partial charge in [0.15, 0.2) is 0 Å². The summed E-state index contributed by atoms with van der Waals surface area (Å²) in [4.78, 5) is 27.9. The average Bonchev–Trinajstić information content (AvgIpc) is 2.61. The predicted octanol–water partition coefficient (Wildman–Crippen LogP) is 3.27. The fourth-order valence-electron chi connectivity index (χ4n) is 2.23. The number of methoxy groups -OCH3 is 1. The highest BCUT2D eigenvalue weighted by Crippen LogP contribution is 2.18. The molecule has 0 saturated heterocycles. The van der Waals surface area contributed by atoms with E-state index in [-0.39, 0.29) is 5.91 Å². The fraction of sp³-hybridized carbons (Fsp3) is 0.0556. The van der Waals surface area contributed by atoms with Crippen molar-refractivity contribution in [1.82, 2.24) is 4.98 Å². The first-order chi connectivity index (χ1) is 11.2. The molecule has 0 aliphatic carbocycles. The fourth-order valence-corrected chi connectivity index (χ4v) is 2.23. The van der Waals surface area contributed by atoms with Gasteiger partial charge in [-0.05, 0) is 48.5 Å². The highest BCUT2D eigenvalue weighted by molar-refractivity contribution is 6.05. The van der Waals surface area contributed by atoms with E-state index in [2.05, 4.69) is 15.0 Å².